The summed E-state index contributed by atoms with van der Waals surface area (Å²) in [5.74, 6) is -0.259. The Labute approximate surface area is 150 Å². The topological polar surface area (TPSA) is 49.9 Å². The number of para-hydroxylation sites is 1. The summed E-state index contributed by atoms with van der Waals surface area (Å²) in [6.07, 6.45) is 0.400. The second-order valence-corrected chi connectivity index (χ2v) is 7.44. The number of piperazine rings is 1. The fourth-order valence-corrected chi connectivity index (χ4v) is 3.18. The Balaban J connectivity index is 1.92. The number of carbonyl (C=O) groups is 2. The molecule has 2 rings (SSSR count). The van der Waals surface area contributed by atoms with Crippen LogP contribution in [0.3, 0.4) is 0 Å². The molecule has 0 unspecified atom stereocenters. The van der Waals surface area contributed by atoms with Crippen LogP contribution in [0.5, 0.6) is 0 Å². The van der Waals surface area contributed by atoms with Crippen LogP contribution in [0.25, 0.3) is 0 Å². The molecular weight excluding hydrogens is 316 g/mol. The van der Waals surface area contributed by atoms with Crippen molar-refractivity contribution in [3.05, 3.63) is 29.8 Å². The second-order valence-electron chi connectivity index (χ2n) is 7.44. The monoisotopic (exact) mass is 346 g/mol. The number of ether oxygens (including phenoxy) is 1. The van der Waals surface area contributed by atoms with Crippen molar-refractivity contribution in [3.63, 3.8) is 0 Å². The first-order valence-corrected chi connectivity index (χ1v) is 9.10. The molecule has 1 saturated heterocycles. The Morgan fingerprint density at radius 2 is 1.68 bits per heavy atom. The third-order valence-electron chi connectivity index (χ3n) is 4.53. The van der Waals surface area contributed by atoms with Crippen molar-refractivity contribution in [2.45, 2.75) is 46.0 Å². The number of hydrogen-bond acceptors (Lipinski definition) is 4. The lowest BCUT2D eigenvalue weighted by atomic mass is 9.85. The van der Waals surface area contributed by atoms with Crippen molar-refractivity contribution in [1.82, 2.24) is 4.90 Å². The summed E-state index contributed by atoms with van der Waals surface area (Å²) in [5, 5.41) is 0. The largest absolute Gasteiger partial charge is 0.466 e. The van der Waals surface area contributed by atoms with Gasteiger partial charge in [-0.3, -0.25) is 9.59 Å². The number of benzene rings is 1. The van der Waals surface area contributed by atoms with E-state index in [-0.39, 0.29) is 30.1 Å². The molecule has 5 nitrogen and oxygen atoms in total. The number of carbonyl (C=O) groups excluding carboxylic acids is 2. The van der Waals surface area contributed by atoms with Gasteiger partial charge in [-0.05, 0) is 24.0 Å². The van der Waals surface area contributed by atoms with Gasteiger partial charge in [-0.25, -0.2) is 0 Å². The smallest absolute Gasteiger partial charge is 0.306 e. The van der Waals surface area contributed by atoms with Gasteiger partial charge < -0.3 is 14.5 Å². The molecule has 25 heavy (non-hydrogen) atoms. The highest BCUT2D eigenvalue weighted by Crippen LogP contribution is 2.32. The first-order valence-electron chi connectivity index (χ1n) is 9.10. The van der Waals surface area contributed by atoms with Crippen LogP contribution in [-0.2, 0) is 19.7 Å². The lowest BCUT2D eigenvalue weighted by Crippen LogP contribution is -2.49. The molecule has 1 amide bonds. The number of rotatable bonds is 5. The molecule has 1 aliphatic heterocycles. The zero-order valence-electron chi connectivity index (χ0n) is 15.9. The predicted molar refractivity (Wildman–Crippen MR) is 99.8 cm³/mol. The fourth-order valence-electron chi connectivity index (χ4n) is 3.18. The van der Waals surface area contributed by atoms with Gasteiger partial charge in [0.05, 0.1) is 13.0 Å². The summed E-state index contributed by atoms with van der Waals surface area (Å²) < 4.78 is 4.88. The molecule has 1 aromatic carbocycles. The number of amides is 1. The minimum atomic E-state index is -0.298. The minimum absolute atomic E-state index is 0.0387. The van der Waals surface area contributed by atoms with Crippen LogP contribution >= 0.6 is 0 Å². The van der Waals surface area contributed by atoms with E-state index in [0.717, 1.165) is 13.1 Å². The van der Waals surface area contributed by atoms with Crippen molar-refractivity contribution >= 4 is 17.6 Å². The summed E-state index contributed by atoms with van der Waals surface area (Å²) in [6.45, 7) is 11.8. The van der Waals surface area contributed by atoms with Crippen LogP contribution in [0.4, 0.5) is 5.69 Å². The molecule has 0 radical (unpaired) electrons. The molecule has 0 saturated carbocycles. The van der Waals surface area contributed by atoms with E-state index in [1.807, 2.05) is 4.90 Å². The standard InChI is InChI=1S/C20H30N2O3/c1-5-25-19(24)11-10-18(23)22-14-12-21(13-15-22)17-9-7-6-8-16(17)20(2,3)4/h6-9H,5,10-15H2,1-4H3. The predicted octanol–water partition coefficient (Wildman–Crippen LogP) is 2.98. The van der Waals surface area contributed by atoms with Crippen molar-refractivity contribution < 1.29 is 14.3 Å². The number of hydrogen-bond donors (Lipinski definition) is 0. The molecule has 1 fully saturated rings. The molecule has 0 aliphatic carbocycles. The van der Waals surface area contributed by atoms with Gasteiger partial charge in [-0.2, -0.15) is 0 Å². The van der Waals surface area contributed by atoms with Crippen LogP contribution in [-0.4, -0.2) is 49.6 Å². The molecule has 1 aliphatic rings. The van der Waals surface area contributed by atoms with E-state index in [1.165, 1.54) is 11.3 Å². The molecule has 0 atom stereocenters. The van der Waals surface area contributed by atoms with E-state index in [9.17, 15) is 9.59 Å². The second kappa shape index (κ2) is 8.37. The molecule has 0 N–H and O–H groups in total. The highest BCUT2D eigenvalue weighted by molar-refractivity contribution is 5.81. The molecule has 138 valence electrons. The van der Waals surface area contributed by atoms with E-state index in [0.29, 0.717) is 19.7 Å². The molecule has 0 aromatic heterocycles. The third kappa shape index (κ3) is 5.21. The normalized spacial score (nSPS) is 15.2. The first-order chi connectivity index (χ1) is 11.8. The van der Waals surface area contributed by atoms with Crippen LogP contribution < -0.4 is 4.90 Å². The van der Waals surface area contributed by atoms with E-state index < -0.39 is 0 Å². The number of anilines is 1. The summed E-state index contributed by atoms with van der Waals surface area (Å²) in [5.41, 5.74) is 2.68. The van der Waals surface area contributed by atoms with Crippen LogP contribution in [0.1, 0.15) is 46.1 Å². The van der Waals surface area contributed by atoms with Crippen molar-refractivity contribution in [1.29, 1.82) is 0 Å². The van der Waals surface area contributed by atoms with Gasteiger partial charge in [0.25, 0.3) is 0 Å². The molecule has 0 bridgehead atoms. The van der Waals surface area contributed by atoms with E-state index in [2.05, 4.69) is 49.9 Å². The Kier molecular flexibility index (Phi) is 6.45. The van der Waals surface area contributed by atoms with E-state index in [1.54, 1.807) is 6.92 Å². The highest BCUT2D eigenvalue weighted by atomic mass is 16.5. The maximum Gasteiger partial charge on any atom is 0.306 e. The maximum atomic E-state index is 12.3. The maximum absolute atomic E-state index is 12.3. The van der Waals surface area contributed by atoms with Gasteiger partial charge in [0.2, 0.25) is 5.91 Å². The Morgan fingerprint density at radius 3 is 2.28 bits per heavy atom. The average Bonchev–Trinajstić information content (AvgIpc) is 2.59. The van der Waals surface area contributed by atoms with Gasteiger partial charge in [-0.15, -0.1) is 0 Å². The lowest BCUT2D eigenvalue weighted by molar-refractivity contribution is -0.145. The van der Waals surface area contributed by atoms with Gasteiger partial charge in [0.1, 0.15) is 0 Å². The van der Waals surface area contributed by atoms with Crippen LogP contribution in [0, 0.1) is 0 Å². The summed E-state index contributed by atoms with van der Waals surface area (Å²) in [7, 11) is 0. The van der Waals surface area contributed by atoms with Crippen LogP contribution in [0.15, 0.2) is 24.3 Å². The minimum Gasteiger partial charge on any atom is -0.466 e. The Morgan fingerprint density at radius 1 is 1.04 bits per heavy atom. The molecular formula is C20H30N2O3. The third-order valence-corrected chi connectivity index (χ3v) is 4.53. The van der Waals surface area contributed by atoms with Crippen LogP contribution in [0.2, 0.25) is 0 Å². The van der Waals surface area contributed by atoms with E-state index >= 15 is 0 Å². The highest BCUT2D eigenvalue weighted by Gasteiger charge is 2.25. The average molecular weight is 346 g/mol. The van der Waals surface area contributed by atoms with Gasteiger partial charge in [0, 0.05) is 38.3 Å². The quantitative estimate of drug-likeness (QED) is 0.769. The molecule has 1 aromatic rings. The Bertz CT molecular complexity index is 599. The number of esters is 1. The molecule has 5 heteroatoms. The zero-order valence-corrected chi connectivity index (χ0v) is 15.9. The Hall–Kier alpha value is -2.04. The van der Waals surface area contributed by atoms with Crippen molar-refractivity contribution in [2.24, 2.45) is 0 Å². The molecule has 1 heterocycles. The zero-order chi connectivity index (χ0) is 18.4. The summed E-state index contributed by atoms with van der Waals surface area (Å²) in [6, 6.07) is 8.51. The molecule has 0 spiro atoms. The number of nitrogens with zero attached hydrogens (tertiary/aromatic N) is 2. The fraction of sp³-hybridized carbons (Fsp3) is 0.600. The van der Waals surface area contributed by atoms with Gasteiger partial charge in [0.15, 0.2) is 0 Å². The summed E-state index contributed by atoms with van der Waals surface area (Å²) in [4.78, 5) is 27.9. The van der Waals surface area contributed by atoms with Crippen molar-refractivity contribution in [3.8, 4) is 0 Å². The lowest BCUT2D eigenvalue weighted by Gasteiger charge is -2.38. The van der Waals surface area contributed by atoms with Gasteiger partial charge in [-0.1, -0.05) is 39.0 Å². The summed E-state index contributed by atoms with van der Waals surface area (Å²) >= 11 is 0. The van der Waals surface area contributed by atoms with Gasteiger partial charge >= 0.3 is 5.97 Å². The first kappa shape index (κ1) is 19.3. The van der Waals surface area contributed by atoms with Crippen molar-refractivity contribution in [2.75, 3.05) is 37.7 Å². The van der Waals surface area contributed by atoms with E-state index in [4.69, 9.17) is 4.74 Å². The SMILES string of the molecule is CCOC(=O)CCC(=O)N1CCN(c2ccccc2C(C)(C)C)CC1.